The number of nitrogens with zero attached hydrogens (tertiary/aromatic N) is 1. The predicted octanol–water partition coefficient (Wildman–Crippen LogP) is 4.19. The van der Waals surface area contributed by atoms with Crippen molar-refractivity contribution in [2.45, 2.75) is 36.6 Å². The largest absolute Gasteiger partial charge is 0.497 e. The Morgan fingerprint density at radius 3 is 2.35 bits per heavy atom. The highest BCUT2D eigenvalue weighted by Crippen LogP contribution is 2.32. The molecule has 1 fully saturated rings. The highest BCUT2D eigenvalue weighted by molar-refractivity contribution is 7.84. The molecule has 2 atom stereocenters. The first kappa shape index (κ1) is 18.6. The van der Waals surface area contributed by atoms with Crippen LogP contribution in [0.2, 0.25) is 0 Å². The van der Waals surface area contributed by atoms with Crippen LogP contribution < -0.4 is 4.74 Å². The second-order valence-corrected chi connectivity index (χ2v) is 7.99. The van der Waals surface area contributed by atoms with Gasteiger partial charge < -0.3 is 9.64 Å². The van der Waals surface area contributed by atoms with Gasteiger partial charge in [0.2, 0.25) is 0 Å². The van der Waals surface area contributed by atoms with Gasteiger partial charge in [-0.25, -0.2) is 0 Å². The van der Waals surface area contributed by atoms with Crippen molar-refractivity contribution in [3.8, 4) is 5.75 Å². The summed E-state index contributed by atoms with van der Waals surface area (Å²) in [6.45, 7) is 0.761. The molecule has 0 saturated carbocycles. The molecule has 0 aliphatic carbocycles. The number of likely N-dealkylation sites (tertiary alicyclic amines) is 1. The van der Waals surface area contributed by atoms with Crippen molar-refractivity contribution in [1.82, 2.24) is 4.90 Å². The van der Waals surface area contributed by atoms with E-state index in [1.807, 2.05) is 17.0 Å². The number of carbonyl (C=O) groups excluding carboxylic acids is 1. The number of methoxy groups -OCH3 is 1. The van der Waals surface area contributed by atoms with Gasteiger partial charge in [-0.15, -0.1) is 0 Å². The average Bonchev–Trinajstić information content (AvgIpc) is 2.93. The first-order valence-electron chi connectivity index (χ1n) is 8.98. The Kier molecular flexibility index (Phi) is 6.09. The molecule has 0 N–H and O–H groups in total. The molecule has 0 aromatic heterocycles. The maximum atomic E-state index is 13.2. The van der Waals surface area contributed by atoms with Crippen LogP contribution >= 0.6 is 0 Å². The van der Waals surface area contributed by atoms with Gasteiger partial charge >= 0.3 is 0 Å². The summed E-state index contributed by atoms with van der Waals surface area (Å²) in [5.41, 5.74) is 1.80. The van der Waals surface area contributed by atoms with Gasteiger partial charge in [-0.1, -0.05) is 25.0 Å². The van der Waals surface area contributed by atoms with E-state index in [1.165, 1.54) is 0 Å². The molecule has 1 amide bonds. The first-order chi connectivity index (χ1) is 12.6. The Bertz CT molecular complexity index is 771. The van der Waals surface area contributed by atoms with E-state index in [1.54, 1.807) is 37.6 Å². The molecule has 138 valence electrons. The summed E-state index contributed by atoms with van der Waals surface area (Å²) in [6.07, 6.45) is 5.90. The minimum Gasteiger partial charge on any atom is -0.497 e. The zero-order valence-corrected chi connectivity index (χ0v) is 16.1. The summed E-state index contributed by atoms with van der Waals surface area (Å²) in [5, 5.41) is 0. The van der Waals surface area contributed by atoms with E-state index in [0.717, 1.165) is 48.4 Å². The molecule has 3 rings (SSSR count). The molecule has 0 unspecified atom stereocenters. The maximum absolute atomic E-state index is 13.2. The number of ether oxygens (including phenoxy) is 1. The van der Waals surface area contributed by atoms with E-state index in [2.05, 4.69) is 12.1 Å². The Morgan fingerprint density at radius 2 is 1.73 bits per heavy atom. The molecule has 0 radical (unpaired) electrons. The number of carbonyl (C=O) groups is 1. The van der Waals surface area contributed by atoms with Gasteiger partial charge in [0, 0.05) is 34.1 Å². The third-order valence-corrected chi connectivity index (χ3v) is 5.88. The smallest absolute Gasteiger partial charge is 0.254 e. The lowest BCUT2D eigenvalue weighted by Gasteiger charge is -2.31. The summed E-state index contributed by atoms with van der Waals surface area (Å²) in [4.78, 5) is 15.9. The second kappa shape index (κ2) is 8.49. The zero-order chi connectivity index (χ0) is 18.5. The Balaban J connectivity index is 1.87. The average molecular weight is 372 g/mol. The molecular formula is C21H25NO3S. The van der Waals surface area contributed by atoms with Crippen molar-refractivity contribution in [2.24, 2.45) is 0 Å². The molecule has 2 aromatic rings. The number of hydrogen-bond acceptors (Lipinski definition) is 3. The third kappa shape index (κ3) is 4.15. The molecule has 0 bridgehead atoms. The lowest BCUT2D eigenvalue weighted by atomic mass is 10.00. The van der Waals surface area contributed by atoms with Gasteiger partial charge in [0.05, 0.1) is 13.2 Å². The van der Waals surface area contributed by atoms with E-state index in [0.29, 0.717) is 5.56 Å². The Hall–Kier alpha value is -2.14. The lowest BCUT2D eigenvalue weighted by molar-refractivity contribution is 0.0681. The van der Waals surface area contributed by atoms with Gasteiger partial charge in [-0.3, -0.25) is 9.00 Å². The van der Waals surface area contributed by atoms with Gasteiger partial charge in [0.25, 0.3) is 5.91 Å². The molecule has 1 heterocycles. The van der Waals surface area contributed by atoms with Crippen molar-refractivity contribution < 1.29 is 13.7 Å². The van der Waals surface area contributed by atoms with E-state index in [4.69, 9.17) is 4.74 Å². The molecular weight excluding hydrogens is 346 g/mol. The van der Waals surface area contributed by atoms with Gasteiger partial charge in [-0.2, -0.15) is 0 Å². The van der Waals surface area contributed by atoms with Crippen molar-refractivity contribution in [1.29, 1.82) is 0 Å². The van der Waals surface area contributed by atoms with Gasteiger partial charge in [-0.05, 0) is 54.8 Å². The summed E-state index contributed by atoms with van der Waals surface area (Å²) in [5.74, 6) is 0.865. The van der Waals surface area contributed by atoms with E-state index >= 15 is 0 Å². The molecule has 1 aliphatic rings. The molecule has 5 heteroatoms. The summed E-state index contributed by atoms with van der Waals surface area (Å²) < 4.78 is 16.8. The fourth-order valence-electron chi connectivity index (χ4n) is 3.48. The fourth-order valence-corrected chi connectivity index (χ4v) is 4.00. The van der Waals surface area contributed by atoms with Crippen molar-refractivity contribution in [2.75, 3.05) is 19.9 Å². The normalized spacial score (nSPS) is 18.8. The first-order valence-corrected chi connectivity index (χ1v) is 10.5. The lowest BCUT2D eigenvalue weighted by Crippen LogP contribution is -2.34. The van der Waals surface area contributed by atoms with Crippen molar-refractivity contribution in [3.63, 3.8) is 0 Å². The standard InChI is InChI=1S/C21H25NO3S/c1-25-18-11-7-16(8-12-18)20-6-4-3-5-15-22(20)21(23)17-9-13-19(14-10-17)26(2)24/h7-14,20H,3-6,15H2,1-2H3/t20-,26-/m0/s1. The van der Waals surface area contributed by atoms with Crippen LogP contribution in [0.3, 0.4) is 0 Å². The van der Waals surface area contributed by atoms with Crippen LogP contribution in [0.15, 0.2) is 53.4 Å². The van der Waals surface area contributed by atoms with Crippen LogP contribution in [-0.4, -0.2) is 34.9 Å². The minimum atomic E-state index is -1.03. The Morgan fingerprint density at radius 1 is 1.04 bits per heavy atom. The van der Waals surface area contributed by atoms with Crippen LogP contribution in [0.4, 0.5) is 0 Å². The molecule has 26 heavy (non-hydrogen) atoms. The zero-order valence-electron chi connectivity index (χ0n) is 15.3. The topological polar surface area (TPSA) is 46.6 Å². The highest BCUT2D eigenvalue weighted by atomic mass is 32.2. The predicted molar refractivity (Wildman–Crippen MR) is 104 cm³/mol. The number of amides is 1. The maximum Gasteiger partial charge on any atom is 0.254 e. The summed E-state index contributed by atoms with van der Waals surface area (Å²) in [7, 11) is 0.622. The third-order valence-electron chi connectivity index (χ3n) is 4.95. The van der Waals surface area contributed by atoms with Crippen LogP contribution in [0.25, 0.3) is 0 Å². The second-order valence-electron chi connectivity index (χ2n) is 6.62. The molecule has 2 aromatic carbocycles. The van der Waals surface area contributed by atoms with Crippen LogP contribution in [0, 0.1) is 0 Å². The highest BCUT2D eigenvalue weighted by Gasteiger charge is 2.27. The van der Waals surface area contributed by atoms with Crippen LogP contribution in [-0.2, 0) is 10.8 Å². The Labute approximate surface area is 157 Å². The number of rotatable bonds is 4. The molecule has 4 nitrogen and oxygen atoms in total. The molecule has 1 saturated heterocycles. The van der Waals surface area contributed by atoms with Crippen LogP contribution in [0.1, 0.15) is 47.6 Å². The van der Waals surface area contributed by atoms with E-state index in [9.17, 15) is 9.00 Å². The van der Waals surface area contributed by atoms with E-state index in [-0.39, 0.29) is 11.9 Å². The number of benzene rings is 2. The summed E-state index contributed by atoms with van der Waals surface area (Å²) in [6, 6.07) is 15.2. The SMILES string of the molecule is COc1ccc([C@@H]2CCCCCN2C(=O)c2ccc([S@](C)=O)cc2)cc1. The quantitative estimate of drug-likeness (QED) is 0.810. The minimum absolute atomic E-state index is 0.0427. The van der Waals surface area contributed by atoms with Crippen molar-refractivity contribution >= 4 is 16.7 Å². The number of hydrogen-bond donors (Lipinski definition) is 0. The van der Waals surface area contributed by atoms with E-state index < -0.39 is 10.8 Å². The van der Waals surface area contributed by atoms with Gasteiger partial charge in [0.1, 0.15) is 5.75 Å². The van der Waals surface area contributed by atoms with Crippen molar-refractivity contribution in [3.05, 3.63) is 59.7 Å². The van der Waals surface area contributed by atoms with Gasteiger partial charge in [0.15, 0.2) is 0 Å². The fraction of sp³-hybridized carbons (Fsp3) is 0.381. The van der Waals surface area contributed by atoms with Crippen LogP contribution in [0.5, 0.6) is 5.75 Å². The summed E-state index contributed by atoms with van der Waals surface area (Å²) >= 11 is 0. The monoisotopic (exact) mass is 371 g/mol. The molecule has 1 aliphatic heterocycles. The molecule has 0 spiro atoms.